The SMILES string of the molecule is C=C[C@@H]1C[C@]1(NC(=O)[C@H]1C[C@@H](Oc2cc(C(=O)OC)nc3c(C)c(OC)ccc23)CN1)C(=O)OC. The molecule has 2 aromatic rings. The summed E-state index contributed by atoms with van der Waals surface area (Å²) in [6.45, 7) is 5.98. The number of aryl methyl sites for hydroxylation is 1. The molecule has 186 valence electrons. The maximum absolute atomic E-state index is 12.9. The molecular weight excluding hydrogens is 454 g/mol. The average Bonchev–Trinajstić information content (AvgIpc) is 3.38. The summed E-state index contributed by atoms with van der Waals surface area (Å²) in [6.07, 6.45) is 2.13. The van der Waals surface area contributed by atoms with Gasteiger partial charge in [-0.1, -0.05) is 6.08 Å². The third-order valence-corrected chi connectivity index (χ3v) is 6.66. The standard InChI is InChI=1S/C25H29N3O7/c1-6-14-11-25(14,24(31)34-5)28-22(29)17-9-15(12-26-17)35-20-10-18(23(30)33-4)27-21-13(2)19(32-3)8-7-16(20)21/h6-8,10,14-15,17,26H,1,9,11-12H2,2-5H3,(H,28,29)/t14-,15-,17-,25-/m1/s1. The number of esters is 2. The highest BCUT2D eigenvalue weighted by Crippen LogP contribution is 2.45. The van der Waals surface area contributed by atoms with Crippen LogP contribution in [-0.2, 0) is 19.1 Å². The molecule has 2 N–H and O–H groups in total. The van der Waals surface area contributed by atoms with Gasteiger partial charge in [-0.2, -0.15) is 0 Å². The Morgan fingerprint density at radius 2 is 1.97 bits per heavy atom. The van der Waals surface area contributed by atoms with Crippen LogP contribution >= 0.6 is 0 Å². The van der Waals surface area contributed by atoms with Gasteiger partial charge >= 0.3 is 11.9 Å². The van der Waals surface area contributed by atoms with Gasteiger partial charge in [0.05, 0.1) is 32.9 Å². The van der Waals surface area contributed by atoms with Crippen molar-refractivity contribution in [2.45, 2.75) is 37.5 Å². The van der Waals surface area contributed by atoms with E-state index in [1.54, 1.807) is 19.3 Å². The van der Waals surface area contributed by atoms with Gasteiger partial charge in [-0.25, -0.2) is 14.6 Å². The van der Waals surface area contributed by atoms with Crippen LogP contribution in [0.1, 0.15) is 28.9 Å². The lowest BCUT2D eigenvalue weighted by molar-refractivity contribution is -0.147. The van der Waals surface area contributed by atoms with Crippen LogP contribution in [0.25, 0.3) is 10.9 Å². The molecule has 1 amide bonds. The van der Waals surface area contributed by atoms with Crippen LogP contribution < -0.4 is 20.1 Å². The predicted octanol–water partition coefficient (Wildman–Crippen LogP) is 1.68. The second-order valence-corrected chi connectivity index (χ2v) is 8.72. The van der Waals surface area contributed by atoms with Crippen LogP contribution in [-0.4, -0.2) is 68.4 Å². The summed E-state index contributed by atoms with van der Waals surface area (Å²) >= 11 is 0. The normalized spacial score (nSPS) is 25.0. The number of fused-ring (bicyclic) bond motifs is 1. The Morgan fingerprint density at radius 3 is 2.60 bits per heavy atom. The van der Waals surface area contributed by atoms with E-state index in [0.717, 1.165) is 5.56 Å². The van der Waals surface area contributed by atoms with Crippen molar-refractivity contribution >= 4 is 28.7 Å². The lowest BCUT2D eigenvalue weighted by Crippen LogP contribution is -2.51. The molecule has 1 aliphatic heterocycles. The summed E-state index contributed by atoms with van der Waals surface area (Å²) in [5.74, 6) is -0.446. The number of carbonyl (C=O) groups is 3. The summed E-state index contributed by atoms with van der Waals surface area (Å²) in [6, 6.07) is 4.62. The van der Waals surface area contributed by atoms with Crippen LogP contribution in [0.4, 0.5) is 0 Å². The summed E-state index contributed by atoms with van der Waals surface area (Å²) in [5.41, 5.74) is 0.376. The maximum atomic E-state index is 12.9. The largest absolute Gasteiger partial charge is 0.496 e. The number of amides is 1. The minimum absolute atomic E-state index is 0.107. The van der Waals surface area contributed by atoms with E-state index in [0.29, 0.717) is 41.8 Å². The zero-order valence-corrected chi connectivity index (χ0v) is 20.2. The number of nitrogens with one attached hydrogen (secondary N) is 2. The first-order chi connectivity index (χ1) is 16.8. The molecule has 0 radical (unpaired) electrons. The highest BCUT2D eigenvalue weighted by atomic mass is 16.5. The molecule has 1 aromatic heterocycles. The molecule has 1 aromatic carbocycles. The molecule has 2 fully saturated rings. The Balaban J connectivity index is 1.54. The van der Waals surface area contributed by atoms with Crippen molar-refractivity contribution in [3.63, 3.8) is 0 Å². The first-order valence-electron chi connectivity index (χ1n) is 11.3. The second kappa shape index (κ2) is 9.53. The Labute approximate surface area is 203 Å². The van der Waals surface area contributed by atoms with Crippen LogP contribution in [0.3, 0.4) is 0 Å². The van der Waals surface area contributed by atoms with Crippen molar-refractivity contribution in [2.75, 3.05) is 27.9 Å². The first kappa shape index (κ1) is 24.5. The molecule has 0 spiro atoms. The fourth-order valence-corrected chi connectivity index (χ4v) is 4.57. The predicted molar refractivity (Wildman–Crippen MR) is 126 cm³/mol. The summed E-state index contributed by atoms with van der Waals surface area (Å²) in [5, 5.41) is 6.70. The highest BCUT2D eigenvalue weighted by Gasteiger charge is 2.61. The van der Waals surface area contributed by atoms with Crippen molar-refractivity contribution in [1.82, 2.24) is 15.6 Å². The third kappa shape index (κ3) is 4.41. The number of nitrogens with zero attached hydrogens (tertiary/aromatic N) is 1. The van der Waals surface area contributed by atoms with Gasteiger partial charge in [-0.3, -0.25) is 4.79 Å². The van der Waals surface area contributed by atoms with Gasteiger partial charge in [0.25, 0.3) is 0 Å². The van der Waals surface area contributed by atoms with Gasteiger partial charge in [-0.15, -0.1) is 6.58 Å². The molecule has 1 aliphatic carbocycles. The van der Waals surface area contributed by atoms with E-state index in [-0.39, 0.29) is 23.6 Å². The fourth-order valence-electron chi connectivity index (χ4n) is 4.57. The molecule has 0 bridgehead atoms. The number of pyridine rings is 1. The minimum Gasteiger partial charge on any atom is -0.496 e. The zero-order valence-electron chi connectivity index (χ0n) is 20.2. The summed E-state index contributed by atoms with van der Waals surface area (Å²) in [4.78, 5) is 41.9. The first-order valence-corrected chi connectivity index (χ1v) is 11.3. The molecule has 1 saturated carbocycles. The quantitative estimate of drug-likeness (QED) is 0.426. The zero-order chi connectivity index (χ0) is 25.3. The molecule has 4 atom stereocenters. The van der Waals surface area contributed by atoms with Crippen LogP contribution in [0.2, 0.25) is 0 Å². The van der Waals surface area contributed by atoms with Gasteiger partial charge in [0.1, 0.15) is 23.1 Å². The van der Waals surface area contributed by atoms with Gasteiger partial charge in [0.2, 0.25) is 5.91 Å². The van der Waals surface area contributed by atoms with Crippen LogP contribution in [0.5, 0.6) is 11.5 Å². The molecule has 0 unspecified atom stereocenters. The molecule has 2 heterocycles. The number of hydrogen-bond acceptors (Lipinski definition) is 9. The molecule has 2 aliphatic rings. The summed E-state index contributed by atoms with van der Waals surface area (Å²) in [7, 11) is 4.15. The van der Waals surface area contributed by atoms with E-state index in [1.165, 1.54) is 14.2 Å². The number of benzene rings is 1. The van der Waals surface area contributed by atoms with Crippen molar-refractivity contribution in [3.8, 4) is 11.5 Å². The van der Waals surface area contributed by atoms with Gasteiger partial charge in [-0.05, 0) is 25.5 Å². The fraction of sp³-hybridized carbons (Fsp3) is 0.440. The van der Waals surface area contributed by atoms with Crippen molar-refractivity contribution < 1.29 is 33.3 Å². The number of carbonyl (C=O) groups excluding carboxylic acids is 3. The molecule has 10 heteroatoms. The van der Waals surface area contributed by atoms with E-state index >= 15 is 0 Å². The Bertz CT molecular complexity index is 1200. The number of hydrogen-bond donors (Lipinski definition) is 2. The van der Waals surface area contributed by atoms with E-state index < -0.39 is 23.5 Å². The molecule has 35 heavy (non-hydrogen) atoms. The van der Waals surface area contributed by atoms with Crippen molar-refractivity contribution in [3.05, 3.63) is 42.1 Å². The van der Waals surface area contributed by atoms with E-state index in [1.807, 2.05) is 19.1 Å². The smallest absolute Gasteiger partial charge is 0.356 e. The number of ether oxygens (including phenoxy) is 4. The number of aromatic nitrogens is 1. The van der Waals surface area contributed by atoms with E-state index in [9.17, 15) is 14.4 Å². The van der Waals surface area contributed by atoms with Gasteiger partial charge in [0.15, 0.2) is 5.69 Å². The number of methoxy groups -OCH3 is 3. The monoisotopic (exact) mass is 483 g/mol. The Morgan fingerprint density at radius 1 is 1.20 bits per heavy atom. The average molecular weight is 484 g/mol. The Hall–Kier alpha value is -3.66. The van der Waals surface area contributed by atoms with Gasteiger partial charge < -0.3 is 29.6 Å². The molecule has 4 rings (SSSR count). The van der Waals surface area contributed by atoms with Crippen molar-refractivity contribution in [1.29, 1.82) is 0 Å². The van der Waals surface area contributed by atoms with Gasteiger partial charge in [0, 0.05) is 35.9 Å². The number of rotatable bonds is 8. The van der Waals surface area contributed by atoms with Crippen molar-refractivity contribution in [2.24, 2.45) is 5.92 Å². The Kier molecular flexibility index (Phi) is 6.66. The van der Waals surface area contributed by atoms with E-state index in [2.05, 4.69) is 22.2 Å². The summed E-state index contributed by atoms with van der Waals surface area (Å²) < 4.78 is 21.4. The highest BCUT2D eigenvalue weighted by molar-refractivity contribution is 5.96. The van der Waals surface area contributed by atoms with Crippen LogP contribution in [0, 0.1) is 12.8 Å². The lowest BCUT2D eigenvalue weighted by Gasteiger charge is -2.19. The maximum Gasteiger partial charge on any atom is 0.356 e. The third-order valence-electron chi connectivity index (χ3n) is 6.66. The van der Waals surface area contributed by atoms with E-state index in [4.69, 9.17) is 18.9 Å². The second-order valence-electron chi connectivity index (χ2n) is 8.72. The topological polar surface area (TPSA) is 125 Å². The molecular formula is C25H29N3O7. The minimum atomic E-state index is -1.05. The van der Waals surface area contributed by atoms with Crippen LogP contribution in [0.15, 0.2) is 30.9 Å². The lowest BCUT2D eigenvalue weighted by atomic mass is 10.1. The molecule has 1 saturated heterocycles. The molecule has 10 nitrogen and oxygen atoms in total.